The van der Waals surface area contributed by atoms with E-state index >= 15 is 0 Å². The van der Waals surface area contributed by atoms with Crippen molar-refractivity contribution in [3.63, 3.8) is 0 Å². The lowest BCUT2D eigenvalue weighted by molar-refractivity contribution is 0.338. The molecule has 0 heterocycles. The van der Waals surface area contributed by atoms with Crippen molar-refractivity contribution in [1.82, 2.24) is 4.90 Å². The van der Waals surface area contributed by atoms with Crippen LogP contribution in [-0.2, 0) is 6.54 Å². The lowest BCUT2D eigenvalue weighted by Crippen LogP contribution is -2.17. The molecule has 0 unspecified atom stereocenters. The quantitative estimate of drug-likeness (QED) is 0.814. The highest BCUT2D eigenvalue weighted by Crippen LogP contribution is 2.19. The minimum Gasteiger partial charge on any atom is -0.392 e. The predicted molar refractivity (Wildman–Crippen MR) is 76.5 cm³/mol. The molecule has 0 radical (unpaired) electrons. The summed E-state index contributed by atoms with van der Waals surface area (Å²) in [4.78, 5) is 2.23. The summed E-state index contributed by atoms with van der Waals surface area (Å²) in [5.41, 5.74) is 1.34. The number of nitrogens with zero attached hydrogens (tertiary/aromatic N) is 1. The fraction of sp³-hybridized carbons (Fsp3) is 0.250. The Bertz CT molecular complexity index is 528. The van der Waals surface area contributed by atoms with Crippen LogP contribution >= 0.6 is 0 Å². The van der Waals surface area contributed by atoms with Gasteiger partial charge in [-0.1, -0.05) is 54.6 Å². The van der Waals surface area contributed by atoms with Crippen LogP contribution in [0.4, 0.5) is 0 Å². The molecule has 0 saturated heterocycles. The molecule has 1 N–H and O–H groups in total. The second kappa shape index (κ2) is 6.34. The van der Waals surface area contributed by atoms with Gasteiger partial charge in [0, 0.05) is 13.1 Å². The molecule has 2 aromatic rings. The van der Waals surface area contributed by atoms with Gasteiger partial charge >= 0.3 is 0 Å². The fourth-order valence-electron chi connectivity index (χ4n) is 2.11. The predicted octanol–water partition coefficient (Wildman–Crippen LogP) is 2.82. The Morgan fingerprint density at radius 2 is 1.83 bits per heavy atom. The van der Waals surface area contributed by atoms with Gasteiger partial charge in [0.25, 0.3) is 0 Å². The molecule has 0 aromatic heterocycles. The first-order valence-corrected chi connectivity index (χ1v) is 6.22. The minimum absolute atomic E-state index is 0.113. The minimum atomic E-state index is 0.113. The van der Waals surface area contributed by atoms with Crippen molar-refractivity contribution in [2.24, 2.45) is 0 Å². The maximum Gasteiger partial charge on any atom is 0.0612 e. The van der Waals surface area contributed by atoms with Gasteiger partial charge in [0.2, 0.25) is 0 Å². The highest BCUT2D eigenvalue weighted by molar-refractivity contribution is 5.85. The Morgan fingerprint density at radius 1 is 1.06 bits per heavy atom. The van der Waals surface area contributed by atoms with E-state index in [-0.39, 0.29) is 6.61 Å². The van der Waals surface area contributed by atoms with Crippen molar-refractivity contribution in [2.45, 2.75) is 6.54 Å². The van der Waals surface area contributed by atoms with Crippen LogP contribution in [0, 0.1) is 0 Å². The van der Waals surface area contributed by atoms with E-state index in [0.717, 1.165) is 13.1 Å². The van der Waals surface area contributed by atoms with Crippen LogP contribution in [0.15, 0.2) is 54.6 Å². The van der Waals surface area contributed by atoms with Crippen molar-refractivity contribution in [1.29, 1.82) is 0 Å². The second-order valence-corrected chi connectivity index (χ2v) is 4.49. The van der Waals surface area contributed by atoms with Gasteiger partial charge in [-0.3, -0.25) is 4.90 Å². The number of fused-ring (bicyclic) bond motifs is 1. The molecule has 94 valence electrons. The molecule has 0 fully saturated rings. The third-order valence-electron chi connectivity index (χ3n) is 3.01. The number of likely N-dealkylation sites (N-methyl/N-ethyl adjacent to an activating group) is 1. The van der Waals surface area contributed by atoms with E-state index in [2.05, 4.69) is 54.4 Å². The number of hydrogen-bond donors (Lipinski definition) is 1. The third-order valence-corrected chi connectivity index (χ3v) is 3.01. The van der Waals surface area contributed by atoms with Crippen molar-refractivity contribution in [3.8, 4) is 0 Å². The standard InChI is InChI=1S/C16H19NO/c1-17(11-4-5-12-18)13-15-9-6-8-14-7-2-3-10-16(14)15/h2-10,18H,11-13H2,1H3/b5-4+. The van der Waals surface area contributed by atoms with E-state index < -0.39 is 0 Å². The Balaban J connectivity index is 2.14. The summed E-state index contributed by atoms with van der Waals surface area (Å²) < 4.78 is 0. The first-order valence-electron chi connectivity index (χ1n) is 6.22. The highest BCUT2D eigenvalue weighted by Gasteiger charge is 2.02. The smallest absolute Gasteiger partial charge is 0.0612 e. The normalized spacial score (nSPS) is 11.7. The van der Waals surface area contributed by atoms with E-state index in [9.17, 15) is 0 Å². The SMILES string of the molecule is CN(C/C=C/CO)Cc1cccc2ccccc12. The molecule has 0 spiro atoms. The summed E-state index contributed by atoms with van der Waals surface area (Å²) in [6.07, 6.45) is 3.77. The van der Waals surface area contributed by atoms with E-state index in [0.29, 0.717) is 0 Å². The molecule has 0 amide bonds. The Morgan fingerprint density at radius 3 is 2.67 bits per heavy atom. The molecule has 2 aromatic carbocycles. The molecule has 0 aliphatic rings. The van der Waals surface area contributed by atoms with Crippen LogP contribution in [0.25, 0.3) is 10.8 Å². The largest absolute Gasteiger partial charge is 0.392 e. The molecular weight excluding hydrogens is 222 g/mol. The Hall–Kier alpha value is -1.64. The van der Waals surface area contributed by atoms with E-state index in [1.54, 1.807) is 6.08 Å². The average Bonchev–Trinajstić information content (AvgIpc) is 2.39. The van der Waals surface area contributed by atoms with Crippen molar-refractivity contribution < 1.29 is 5.11 Å². The van der Waals surface area contributed by atoms with Crippen molar-refractivity contribution >= 4 is 10.8 Å². The third kappa shape index (κ3) is 3.19. The molecule has 0 saturated carbocycles. The van der Waals surface area contributed by atoms with Crippen LogP contribution < -0.4 is 0 Å². The van der Waals surface area contributed by atoms with Gasteiger partial charge in [0.1, 0.15) is 0 Å². The maximum absolute atomic E-state index is 8.70. The monoisotopic (exact) mass is 241 g/mol. The summed E-state index contributed by atoms with van der Waals surface area (Å²) in [6.45, 7) is 1.88. The lowest BCUT2D eigenvalue weighted by atomic mass is 10.0. The van der Waals surface area contributed by atoms with Crippen molar-refractivity contribution in [3.05, 3.63) is 60.2 Å². The Labute approximate surface area is 108 Å². The zero-order valence-electron chi connectivity index (χ0n) is 10.7. The topological polar surface area (TPSA) is 23.5 Å². The van der Waals surface area contributed by atoms with Crippen LogP contribution in [-0.4, -0.2) is 30.2 Å². The maximum atomic E-state index is 8.70. The summed E-state index contributed by atoms with van der Waals surface area (Å²) in [5.74, 6) is 0. The number of benzene rings is 2. The van der Waals surface area contributed by atoms with Gasteiger partial charge in [-0.2, -0.15) is 0 Å². The van der Waals surface area contributed by atoms with E-state index in [4.69, 9.17) is 5.11 Å². The van der Waals surface area contributed by atoms with E-state index in [1.807, 2.05) is 6.08 Å². The molecule has 0 bridgehead atoms. The lowest BCUT2D eigenvalue weighted by Gasteiger charge is -2.16. The molecule has 18 heavy (non-hydrogen) atoms. The summed E-state index contributed by atoms with van der Waals surface area (Å²) in [6, 6.07) is 14.9. The van der Waals surface area contributed by atoms with Crippen LogP contribution in [0.3, 0.4) is 0 Å². The first-order chi connectivity index (χ1) is 8.81. The van der Waals surface area contributed by atoms with Gasteiger partial charge < -0.3 is 5.11 Å². The van der Waals surface area contributed by atoms with Crippen LogP contribution in [0.1, 0.15) is 5.56 Å². The van der Waals surface area contributed by atoms with Gasteiger partial charge in [-0.15, -0.1) is 0 Å². The molecule has 0 aliphatic heterocycles. The molecular formula is C16H19NO. The molecule has 2 heteroatoms. The van der Waals surface area contributed by atoms with Gasteiger partial charge in [0.05, 0.1) is 6.61 Å². The number of hydrogen-bond acceptors (Lipinski definition) is 2. The van der Waals surface area contributed by atoms with Gasteiger partial charge in [-0.05, 0) is 23.4 Å². The number of rotatable bonds is 5. The van der Waals surface area contributed by atoms with Gasteiger partial charge in [0.15, 0.2) is 0 Å². The zero-order chi connectivity index (χ0) is 12.8. The van der Waals surface area contributed by atoms with Crippen LogP contribution in [0.2, 0.25) is 0 Å². The summed E-state index contributed by atoms with van der Waals surface area (Å²) >= 11 is 0. The number of aliphatic hydroxyl groups excluding tert-OH is 1. The summed E-state index contributed by atoms with van der Waals surface area (Å²) in [7, 11) is 2.09. The van der Waals surface area contributed by atoms with Crippen molar-refractivity contribution in [2.75, 3.05) is 20.2 Å². The molecule has 2 rings (SSSR count). The fourth-order valence-corrected chi connectivity index (χ4v) is 2.11. The average molecular weight is 241 g/mol. The molecule has 2 nitrogen and oxygen atoms in total. The second-order valence-electron chi connectivity index (χ2n) is 4.49. The highest BCUT2D eigenvalue weighted by atomic mass is 16.2. The van der Waals surface area contributed by atoms with E-state index in [1.165, 1.54) is 16.3 Å². The van der Waals surface area contributed by atoms with Crippen LogP contribution in [0.5, 0.6) is 0 Å². The first kappa shape index (κ1) is 12.8. The van der Waals surface area contributed by atoms with Gasteiger partial charge in [-0.25, -0.2) is 0 Å². The zero-order valence-corrected chi connectivity index (χ0v) is 10.7. The Kier molecular flexibility index (Phi) is 4.51. The molecule has 0 atom stereocenters. The summed E-state index contributed by atoms with van der Waals surface area (Å²) in [5, 5.41) is 11.3. The molecule has 0 aliphatic carbocycles. The number of aliphatic hydroxyl groups is 1.